The van der Waals surface area contributed by atoms with E-state index in [1.807, 2.05) is 42.5 Å². The molecule has 9 heteroatoms. The molecule has 1 heterocycles. The van der Waals surface area contributed by atoms with E-state index in [2.05, 4.69) is 4.98 Å². The molecule has 4 aromatic rings. The summed E-state index contributed by atoms with van der Waals surface area (Å²) in [4.78, 5) is 31.2. The highest BCUT2D eigenvalue weighted by molar-refractivity contribution is 7.14. The molecule has 0 aliphatic rings. The van der Waals surface area contributed by atoms with Crippen molar-refractivity contribution < 1.29 is 23.1 Å². The standard InChI is InChI=1S/C25H17ClF2N2O3S/c26-18-11-9-17(10-12-18)21-15-34-25(29-21)30(13-16-5-2-1-3-6-16)22(31)14-33-24(32)23-19(27)7-4-8-20(23)28/h1-12,15H,13-14H2. The average Bonchev–Trinajstić information content (AvgIpc) is 3.32. The van der Waals surface area contributed by atoms with Crippen molar-refractivity contribution in [3.05, 3.63) is 106 Å². The first-order chi connectivity index (χ1) is 16.4. The van der Waals surface area contributed by atoms with Gasteiger partial charge in [-0.2, -0.15) is 0 Å². The number of thiazole rings is 1. The molecule has 172 valence electrons. The highest BCUT2D eigenvalue weighted by Gasteiger charge is 2.24. The van der Waals surface area contributed by atoms with Crippen LogP contribution >= 0.6 is 22.9 Å². The van der Waals surface area contributed by atoms with E-state index < -0.39 is 35.7 Å². The lowest BCUT2D eigenvalue weighted by Gasteiger charge is -2.20. The summed E-state index contributed by atoms with van der Waals surface area (Å²) >= 11 is 7.19. The van der Waals surface area contributed by atoms with Gasteiger partial charge in [-0.25, -0.2) is 18.6 Å². The molecule has 0 unspecified atom stereocenters. The molecule has 0 fully saturated rings. The minimum Gasteiger partial charge on any atom is -0.452 e. The van der Waals surface area contributed by atoms with Crippen molar-refractivity contribution in [3.8, 4) is 11.3 Å². The van der Waals surface area contributed by atoms with Crippen LogP contribution in [0.4, 0.5) is 13.9 Å². The normalized spacial score (nSPS) is 10.7. The van der Waals surface area contributed by atoms with E-state index in [0.29, 0.717) is 15.8 Å². The maximum absolute atomic E-state index is 13.9. The van der Waals surface area contributed by atoms with E-state index in [1.54, 1.807) is 17.5 Å². The Morgan fingerprint density at radius 3 is 2.29 bits per heavy atom. The van der Waals surface area contributed by atoms with Crippen LogP contribution in [0.2, 0.25) is 5.02 Å². The van der Waals surface area contributed by atoms with Gasteiger partial charge in [-0.1, -0.05) is 60.1 Å². The van der Waals surface area contributed by atoms with Gasteiger partial charge in [0.25, 0.3) is 5.91 Å². The van der Waals surface area contributed by atoms with Crippen molar-refractivity contribution in [3.63, 3.8) is 0 Å². The van der Waals surface area contributed by atoms with Crippen LogP contribution in [0.25, 0.3) is 11.3 Å². The summed E-state index contributed by atoms with van der Waals surface area (Å²) in [6, 6.07) is 19.3. The number of esters is 1. The number of hydrogen-bond donors (Lipinski definition) is 0. The van der Waals surface area contributed by atoms with Crippen molar-refractivity contribution in [2.24, 2.45) is 0 Å². The Hall–Kier alpha value is -3.62. The number of carbonyl (C=O) groups excluding carboxylic acids is 2. The number of nitrogens with zero attached hydrogens (tertiary/aromatic N) is 2. The molecule has 0 spiro atoms. The number of amides is 1. The summed E-state index contributed by atoms with van der Waals surface area (Å²) in [5.41, 5.74) is 1.45. The lowest BCUT2D eigenvalue weighted by molar-refractivity contribution is -0.121. The summed E-state index contributed by atoms with van der Waals surface area (Å²) in [5, 5.41) is 2.77. The number of carbonyl (C=O) groups is 2. The van der Waals surface area contributed by atoms with Gasteiger partial charge < -0.3 is 4.74 Å². The highest BCUT2D eigenvalue weighted by atomic mass is 35.5. The smallest absolute Gasteiger partial charge is 0.344 e. The van der Waals surface area contributed by atoms with E-state index in [0.717, 1.165) is 29.3 Å². The SMILES string of the molecule is O=C(OCC(=O)N(Cc1ccccc1)c1nc(-c2ccc(Cl)cc2)cs1)c1c(F)cccc1F. The largest absolute Gasteiger partial charge is 0.452 e. The quantitative estimate of drug-likeness (QED) is 0.287. The first kappa shape index (κ1) is 23.5. The monoisotopic (exact) mass is 498 g/mol. The summed E-state index contributed by atoms with van der Waals surface area (Å²) in [6.45, 7) is -0.547. The molecule has 0 N–H and O–H groups in total. The Balaban J connectivity index is 1.56. The number of rotatable bonds is 7. The third-order valence-corrected chi connectivity index (χ3v) is 5.96. The molecule has 0 radical (unpaired) electrons. The maximum Gasteiger partial charge on any atom is 0.344 e. The van der Waals surface area contributed by atoms with Gasteiger partial charge in [0.05, 0.1) is 12.2 Å². The second kappa shape index (κ2) is 10.5. The van der Waals surface area contributed by atoms with Crippen molar-refractivity contribution in [1.29, 1.82) is 0 Å². The number of aromatic nitrogens is 1. The third kappa shape index (κ3) is 5.47. The van der Waals surface area contributed by atoms with Gasteiger partial charge in [-0.15, -0.1) is 11.3 Å². The zero-order valence-corrected chi connectivity index (χ0v) is 19.2. The van der Waals surface area contributed by atoms with Crippen LogP contribution in [-0.4, -0.2) is 23.5 Å². The van der Waals surface area contributed by atoms with E-state index in [9.17, 15) is 18.4 Å². The second-order valence-corrected chi connectivity index (χ2v) is 8.43. The van der Waals surface area contributed by atoms with E-state index in [1.165, 1.54) is 16.2 Å². The Bertz CT molecular complexity index is 1290. The lowest BCUT2D eigenvalue weighted by Crippen LogP contribution is -2.34. The van der Waals surface area contributed by atoms with Gasteiger partial charge >= 0.3 is 5.97 Å². The topological polar surface area (TPSA) is 59.5 Å². The fourth-order valence-electron chi connectivity index (χ4n) is 3.14. The van der Waals surface area contributed by atoms with Gasteiger partial charge in [0.1, 0.15) is 17.2 Å². The van der Waals surface area contributed by atoms with Gasteiger partial charge in [0.2, 0.25) is 0 Å². The zero-order chi connectivity index (χ0) is 24.1. The average molecular weight is 499 g/mol. The number of hydrogen-bond acceptors (Lipinski definition) is 5. The summed E-state index contributed by atoms with van der Waals surface area (Å²) in [7, 11) is 0. The number of benzene rings is 3. The minimum absolute atomic E-state index is 0.166. The van der Waals surface area contributed by atoms with Crippen molar-refractivity contribution in [2.45, 2.75) is 6.54 Å². The molecule has 0 saturated carbocycles. The van der Waals surface area contributed by atoms with Crippen LogP contribution in [-0.2, 0) is 16.1 Å². The first-order valence-electron chi connectivity index (χ1n) is 10.1. The first-order valence-corrected chi connectivity index (χ1v) is 11.3. The molecule has 0 aliphatic carbocycles. The molecular weight excluding hydrogens is 482 g/mol. The van der Waals surface area contributed by atoms with Gasteiger partial charge in [-0.05, 0) is 29.8 Å². The Labute approximate surface area is 203 Å². The highest BCUT2D eigenvalue weighted by Crippen LogP contribution is 2.29. The van der Waals surface area contributed by atoms with E-state index in [4.69, 9.17) is 16.3 Å². The van der Waals surface area contributed by atoms with Crippen LogP contribution in [0, 0.1) is 11.6 Å². The summed E-state index contributed by atoms with van der Waals surface area (Å²) in [6.07, 6.45) is 0. The molecule has 3 aromatic carbocycles. The molecule has 1 amide bonds. The predicted octanol–water partition coefficient (Wildman–Crippen LogP) is 6.13. The molecule has 34 heavy (non-hydrogen) atoms. The van der Waals surface area contributed by atoms with Crippen molar-refractivity contribution in [2.75, 3.05) is 11.5 Å². The number of anilines is 1. The fraction of sp³-hybridized carbons (Fsp3) is 0.0800. The number of halogens is 3. The molecule has 1 aromatic heterocycles. The molecular formula is C25H17ClF2N2O3S. The van der Waals surface area contributed by atoms with Crippen LogP contribution in [0.15, 0.2) is 78.2 Å². The van der Waals surface area contributed by atoms with Crippen LogP contribution in [0.1, 0.15) is 15.9 Å². The van der Waals surface area contributed by atoms with Crippen molar-refractivity contribution in [1.82, 2.24) is 4.98 Å². The Morgan fingerprint density at radius 2 is 1.62 bits per heavy atom. The second-order valence-electron chi connectivity index (χ2n) is 7.16. The molecule has 0 saturated heterocycles. The van der Waals surface area contributed by atoms with Gasteiger partial charge in [0, 0.05) is 16.0 Å². The summed E-state index contributed by atoms with van der Waals surface area (Å²) < 4.78 is 32.7. The third-order valence-electron chi connectivity index (χ3n) is 4.84. The van der Waals surface area contributed by atoms with Gasteiger partial charge in [0.15, 0.2) is 11.7 Å². The van der Waals surface area contributed by atoms with E-state index in [-0.39, 0.29) is 6.54 Å². The molecule has 0 bridgehead atoms. The zero-order valence-electron chi connectivity index (χ0n) is 17.6. The molecule has 5 nitrogen and oxygen atoms in total. The fourth-order valence-corrected chi connectivity index (χ4v) is 4.12. The minimum atomic E-state index is -1.26. The van der Waals surface area contributed by atoms with E-state index >= 15 is 0 Å². The van der Waals surface area contributed by atoms with Crippen LogP contribution < -0.4 is 4.90 Å². The molecule has 0 aliphatic heterocycles. The number of ether oxygens (including phenoxy) is 1. The Kier molecular flexibility index (Phi) is 7.30. The molecule has 4 rings (SSSR count). The van der Waals surface area contributed by atoms with Crippen LogP contribution in [0.3, 0.4) is 0 Å². The van der Waals surface area contributed by atoms with Gasteiger partial charge in [-0.3, -0.25) is 9.69 Å². The molecule has 0 atom stereocenters. The Morgan fingerprint density at radius 1 is 0.941 bits per heavy atom. The predicted molar refractivity (Wildman–Crippen MR) is 127 cm³/mol. The van der Waals surface area contributed by atoms with Crippen molar-refractivity contribution >= 4 is 39.9 Å². The maximum atomic E-state index is 13.9. The lowest BCUT2D eigenvalue weighted by atomic mass is 10.2. The summed E-state index contributed by atoms with van der Waals surface area (Å²) in [5.74, 6) is -3.98. The van der Waals surface area contributed by atoms with Crippen LogP contribution in [0.5, 0.6) is 0 Å².